The van der Waals surface area contributed by atoms with Crippen molar-refractivity contribution in [1.82, 2.24) is 24.6 Å². The van der Waals surface area contributed by atoms with Crippen molar-refractivity contribution >= 4 is 16.9 Å². The first kappa shape index (κ1) is 20.9. The number of ether oxygens (including phenoxy) is 1. The molecule has 1 fully saturated rings. The molecule has 0 N–H and O–H groups in total. The van der Waals surface area contributed by atoms with Crippen LogP contribution < -0.4 is 4.74 Å². The molecule has 0 radical (unpaired) electrons. The second-order valence-corrected chi connectivity index (χ2v) is 8.27. The van der Waals surface area contributed by atoms with Gasteiger partial charge in [-0.25, -0.2) is 14.6 Å². The van der Waals surface area contributed by atoms with Gasteiger partial charge in [0.2, 0.25) is 5.91 Å². The quantitative estimate of drug-likeness (QED) is 0.405. The minimum Gasteiger partial charge on any atom is -0.457 e. The molecule has 0 spiro atoms. The Bertz CT molecular complexity index is 1310. The van der Waals surface area contributed by atoms with Gasteiger partial charge in [0, 0.05) is 18.3 Å². The third kappa shape index (κ3) is 4.22. The van der Waals surface area contributed by atoms with Gasteiger partial charge in [0.15, 0.2) is 5.65 Å². The van der Waals surface area contributed by atoms with E-state index in [1.54, 1.807) is 6.20 Å². The predicted molar refractivity (Wildman–Crippen MR) is 127 cm³/mol. The molecule has 3 heterocycles. The topological polar surface area (TPSA) is 73.1 Å². The van der Waals surface area contributed by atoms with Gasteiger partial charge in [-0.15, -0.1) is 0 Å². The van der Waals surface area contributed by atoms with Crippen LogP contribution in [0.2, 0.25) is 0 Å². The van der Waals surface area contributed by atoms with Gasteiger partial charge < -0.3 is 9.64 Å². The fourth-order valence-corrected chi connectivity index (χ4v) is 4.39. The number of benzene rings is 2. The molecule has 1 unspecified atom stereocenters. The number of carbonyl (C=O) groups is 1. The smallest absolute Gasteiger partial charge is 0.246 e. The minimum atomic E-state index is -0.0343. The maximum absolute atomic E-state index is 12.2. The van der Waals surface area contributed by atoms with Crippen LogP contribution in [0.3, 0.4) is 0 Å². The Labute approximate surface area is 192 Å². The molecule has 166 valence electrons. The standard InChI is InChI=1S/C26H25N5O2/c1-3-24(32)30-13-5-7-20(30)16-31-26-23(15-27-17-28-26)25(29-31)19-9-11-21(12-10-19)33-22-8-4-6-18(2)14-22/h3-4,6,8-12,14-15,17,20H,1,5,7,13,16H2,2H3. The lowest BCUT2D eigenvalue weighted by Crippen LogP contribution is -2.37. The number of fused-ring (bicyclic) bond motifs is 1. The van der Waals surface area contributed by atoms with Crippen LogP contribution in [0, 0.1) is 6.92 Å². The number of aryl methyl sites for hydroxylation is 1. The van der Waals surface area contributed by atoms with Crippen LogP contribution in [0.15, 0.2) is 73.7 Å². The SMILES string of the molecule is C=CC(=O)N1CCCC1Cn1nc(-c2ccc(Oc3cccc(C)c3)cc2)c2cncnc21. The lowest BCUT2D eigenvalue weighted by Gasteiger charge is -2.23. The van der Waals surface area contributed by atoms with Crippen LogP contribution in [0.25, 0.3) is 22.3 Å². The molecular formula is C26H25N5O2. The summed E-state index contributed by atoms with van der Waals surface area (Å²) in [6.45, 7) is 7.01. The normalized spacial score (nSPS) is 15.7. The van der Waals surface area contributed by atoms with E-state index in [4.69, 9.17) is 9.84 Å². The first-order chi connectivity index (χ1) is 16.1. The summed E-state index contributed by atoms with van der Waals surface area (Å²) >= 11 is 0. The van der Waals surface area contributed by atoms with Gasteiger partial charge in [-0.1, -0.05) is 18.7 Å². The molecule has 0 aliphatic carbocycles. The average molecular weight is 440 g/mol. The largest absolute Gasteiger partial charge is 0.457 e. The number of likely N-dealkylation sites (tertiary alicyclic amines) is 1. The van der Waals surface area contributed by atoms with E-state index in [-0.39, 0.29) is 11.9 Å². The van der Waals surface area contributed by atoms with Crippen LogP contribution in [0.1, 0.15) is 18.4 Å². The van der Waals surface area contributed by atoms with Gasteiger partial charge in [-0.3, -0.25) is 4.79 Å². The molecule has 7 heteroatoms. The van der Waals surface area contributed by atoms with Crippen molar-refractivity contribution in [3.8, 4) is 22.8 Å². The Balaban J connectivity index is 1.43. The van der Waals surface area contributed by atoms with Crippen molar-refractivity contribution < 1.29 is 9.53 Å². The third-order valence-corrected chi connectivity index (χ3v) is 5.98. The van der Waals surface area contributed by atoms with Gasteiger partial charge >= 0.3 is 0 Å². The molecular weight excluding hydrogens is 414 g/mol. The number of aromatic nitrogens is 4. The van der Waals surface area contributed by atoms with Crippen LogP contribution in [0.4, 0.5) is 0 Å². The van der Waals surface area contributed by atoms with E-state index in [2.05, 4.69) is 16.5 Å². The van der Waals surface area contributed by atoms with E-state index in [0.717, 1.165) is 58.7 Å². The summed E-state index contributed by atoms with van der Waals surface area (Å²) in [5, 5.41) is 5.76. The summed E-state index contributed by atoms with van der Waals surface area (Å²) in [5.41, 5.74) is 3.68. The zero-order valence-corrected chi connectivity index (χ0v) is 18.5. The summed E-state index contributed by atoms with van der Waals surface area (Å²) in [6.07, 6.45) is 6.62. The van der Waals surface area contributed by atoms with Gasteiger partial charge in [0.25, 0.3) is 0 Å². The zero-order chi connectivity index (χ0) is 22.8. The molecule has 1 aliphatic heterocycles. The maximum Gasteiger partial charge on any atom is 0.246 e. The molecule has 4 aromatic rings. The molecule has 2 aromatic heterocycles. The van der Waals surface area contributed by atoms with E-state index in [1.807, 2.05) is 65.0 Å². The zero-order valence-electron chi connectivity index (χ0n) is 18.5. The molecule has 0 saturated carbocycles. The Morgan fingerprint density at radius 1 is 1.21 bits per heavy atom. The third-order valence-electron chi connectivity index (χ3n) is 5.98. The van der Waals surface area contributed by atoms with Gasteiger partial charge in [0.1, 0.15) is 23.5 Å². The van der Waals surface area contributed by atoms with Crippen molar-refractivity contribution in [3.05, 3.63) is 79.3 Å². The predicted octanol–water partition coefficient (Wildman–Crippen LogP) is 4.77. The lowest BCUT2D eigenvalue weighted by molar-refractivity contribution is -0.127. The molecule has 1 saturated heterocycles. The highest BCUT2D eigenvalue weighted by Gasteiger charge is 2.28. The number of nitrogens with zero attached hydrogens (tertiary/aromatic N) is 5. The van der Waals surface area contributed by atoms with Crippen LogP contribution in [0.5, 0.6) is 11.5 Å². The molecule has 1 amide bonds. The Morgan fingerprint density at radius 2 is 2.06 bits per heavy atom. The highest BCUT2D eigenvalue weighted by Crippen LogP contribution is 2.30. The van der Waals surface area contributed by atoms with Crippen molar-refractivity contribution in [3.63, 3.8) is 0 Å². The van der Waals surface area contributed by atoms with Crippen LogP contribution in [-0.2, 0) is 11.3 Å². The van der Waals surface area contributed by atoms with Crippen molar-refractivity contribution in [2.45, 2.75) is 32.4 Å². The van der Waals surface area contributed by atoms with E-state index in [0.29, 0.717) is 6.54 Å². The molecule has 7 nitrogen and oxygen atoms in total. The first-order valence-electron chi connectivity index (χ1n) is 11.1. The number of amides is 1. The number of rotatable bonds is 6. The van der Waals surface area contributed by atoms with E-state index < -0.39 is 0 Å². The van der Waals surface area contributed by atoms with Gasteiger partial charge in [-0.2, -0.15) is 5.10 Å². The molecule has 0 bridgehead atoms. The molecule has 5 rings (SSSR count). The minimum absolute atomic E-state index is 0.0343. The highest BCUT2D eigenvalue weighted by molar-refractivity contribution is 5.90. The fraction of sp³-hybridized carbons (Fsp3) is 0.231. The van der Waals surface area contributed by atoms with Gasteiger partial charge in [-0.05, 0) is 67.8 Å². The van der Waals surface area contributed by atoms with E-state index >= 15 is 0 Å². The second kappa shape index (κ2) is 8.86. The fourth-order valence-electron chi connectivity index (χ4n) is 4.39. The Kier molecular flexibility index (Phi) is 5.60. The first-order valence-corrected chi connectivity index (χ1v) is 11.1. The van der Waals surface area contributed by atoms with Crippen molar-refractivity contribution in [2.75, 3.05) is 6.54 Å². The van der Waals surface area contributed by atoms with E-state index in [1.165, 1.54) is 12.4 Å². The van der Waals surface area contributed by atoms with Crippen molar-refractivity contribution in [2.24, 2.45) is 0 Å². The van der Waals surface area contributed by atoms with Crippen LogP contribution in [-0.4, -0.2) is 43.1 Å². The summed E-state index contributed by atoms with van der Waals surface area (Å²) in [6, 6.07) is 15.9. The summed E-state index contributed by atoms with van der Waals surface area (Å²) in [7, 11) is 0. The number of hydrogen-bond acceptors (Lipinski definition) is 5. The average Bonchev–Trinajstić information content (AvgIpc) is 3.45. The van der Waals surface area contributed by atoms with Crippen molar-refractivity contribution in [1.29, 1.82) is 0 Å². The highest BCUT2D eigenvalue weighted by atomic mass is 16.5. The maximum atomic E-state index is 12.2. The second-order valence-electron chi connectivity index (χ2n) is 8.27. The Hall–Kier alpha value is -4.00. The molecule has 33 heavy (non-hydrogen) atoms. The van der Waals surface area contributed by atoms with E-state index in [9.17, 15) is 4.79 Å². The number of carbonyl (C=O) groups excluding carboxylic acids is 1. The molecule has 1 aliphatic rings. The number of hydrogen-bond donors (Lipinski definition) is 0. The monoisotopic (exact) mass is 439 g/mol. The summed E-state index contributed by atoms with van der Waals surface area (Å²) in [5.74, 6) is 1.53. The van der Waals surface area contributed by atoms with Gasteiger partial charge in [0.05, 0.1) is 18.0 Å². The molecule has 1 atom stereocenters. The van der Waals surface area contributed by atoms with Crippen LogP contribution >= 0.6 is 0 Å². The lowest BCUT2D eigenvalue weighted by atomic mass is 10.1. The summed E-state index contributed by atoms with van der Waals surface area (Å²) in [4.78, 5) is 22.8. The molecule has 2 aromatic carbocycles. The Morgan fingerprint density at radius 3 is 2.85 bits per heavy atom. The summed E-state index contributed by atoms with van der Waals surface area (Å²) < 4.78 is 7.87.